The van der Waals surface area contributed by atoms with Crippen LogP contribution in [0.1, 0.15) is 34.8 Å². The van der Waals surface area contributed by atoms with Crippen molar-refractivity contribution < 1.29 is 9.53 Å². The lowest BCUT2D eigenvalue weighted by Crippen LogP contribution is -2.30. The number of hydrogen-bond donors (Lipinski definition) is 0. The second-order valence-electron chi connectivity index (χ2n) is 6.23. The van der Waals surface area contributed by atoms with Crippen LogP contribution in [0.3, 0.4) is 0 Å². The van der Waals surface area contributed by atoms with E-state index < -0.39 is 0 Å². The van der Waals surface area contributed by atoms with Gasteiger partial charge in [-0.3, -0.25) is 4.79 Å². The molecule has 1 aromatic heterocycles. The van der Waals surface area contributed by atoms with E-state index in [1.54, 1.807) is 11.8 Å². The van der Waals surface area contributed by atoms with Gasteiger partial charge in [0.05, 0.1) is 18.8 Å². The molecule has 26 heavy (non-hydrogen) atoms. The number of hydrogen-bond acceptors (Lipinski definition) is 5. The highest BCUT2D eigenvalue weighted by Crippen LogP contribution is 2.34. The van der Waals surface area contributed by atoms with Gasteiger partial charge < -0.3 is 9.64 Å². The fraction of sp³-hybridized carbons (Fsp3) is 0.263. The highest BCUT2D eigenvalue weighted by atomic mass is 16.5. The molecule has 0 N–H and O–H groups in total. The van der Waals surface area contributed by atoms with Crippen molar-refractivity contribution in [2.24, 2.45) is 0 Å². The first-order valence-electron chi connectivity index (χ1n) is 8.54. The minimum absolute atomic E-state index is 0.0262. The molecular weight excluding hydrogens is 330 g/mol. The van der Waals surface area contributed by atoms with Gasteiger partial charge in [-0.15, -0.1) is 5.10 Å². The molecule has 1 amide bonds. The molecule has 3 aromatic rings. The van der Waals surface area contributed by atoms with Crippen molar-refractivity contribution in [2.45, 2.75) is 18.9 Å². The maximum absolute atomic E-state index is 13.1. The third kappa shape index (κ3) is 3.03. The number of carbonyl (C=O) groups excluding carboxylic acids is 1. The van der Waals surface area contributed by atoms with Gasteiger partial charge in [0, 0.05) is 12.1 Å². The third-order valence-corrected chi connectivity index (χ3v) is 4.72. The maximum atomic E-state index is 13.1. The van der Waals surface area contributed by atoms with Gasteiger partial charge >= 0.3 is 0 Å². The largest absolute Gasteiger partial charge is 0.497 e. The highest BCUT2D eigenvalue weighted by molar-refractivity contribution is 5.95. The Kier molecular flexibility index (Phi) is 4.35. The fourth-order valence-electron chi connectivity index (χ4n) is 3.41. The molecule has 1 atom stereocenters. The van der Waals surface area contributed by atoms with Crippen LogP contribution >= 0.6 is 0 Å². The topological polar surface area (TPSA) is 73.1 Å². The molecular formula is C19H19N5O2. The summed E-state index contributed by atoms with van der Waals surface area (Å²) in [5.74, 6) is 0.844. The average Bonchev–Trinajstić information content (AvgIpc) is 3.39. The molecule has 2 heterocycles. The summed E-state index contributed by atoms with van der Waals surface area (Å²) in [5.41, 5.74) is 2.53. The number of ether oxygens (including phenoxy) is 1. The summed E-state index contributed by atoms with van der Waals surface area (Å²) in [7, 11) is 1.65. The smallest absolute Gasteiger partial charge is 0.254 e. The van der Waals surface area contributed by atoms with Gasteiger partial charge in [0.25, 0.3) is 5.91 Å². The van der Waals surface area contributed by atoms with Gasteiger partial charge in [-0.25, -0.2) is 4.68 Å². The number of likely N-dealkylation sites (tertiary alicyclic amines) is 1. The van der Waals surface area contributed by atoms with Gasteiger partial charge in [0.2, 0.25) is 0 Å². The second kappa shape index (κ2) is 6.95. The maximum Gasteiger partial charge on any atom is 0.254 e. The van der Waals surface area contributed by atoms with E-state index in [1.807, 2.05) is 53.4 Å². The van der Waals surface area contributed by atoms with E-state index in [9.17, 15) is 4.79 Å². The Morgan fingerprint density at radius 2 is 2.04 bits per heavy atom. The fourth-order valence-corrected chi connectivity index (χ4v) is 3.41. The molecule has 1 fully saturated rings. The van der Waals surface area contributed by atoms with Gasteiger partial charge in [0.1, 0.15) is 12.1 Å². The average molecular weight is 349 g/mol. The number of nitrogens with zero attached hydrogens (tertiary/aromatic N) is 5. The Balaban J connectivity index is 1.59. The zero-order valence-electron chi connectivity index (χ0n) is 14.4. The number of methoxy groups -OCH3 is 1. The highest BCUT2D eigenvalue weighted by Gasteiger charge is 2.30. The molecule has 0 saturated carbocycles. The Labute approximate surface area is 151 Å². The first-order chi connectivity index (χ1) is 12.8. The predicted molar refractivity (Wildman–Crippen MR) is 95.2 cm³/mol. The number of amides is 1. The molecule has 1 aliphatic heterocycles. The summed E-state index contributed by atoms with van der Waals surface area (Å²) < 4.78 is 6.77. The predicted octanol–water partition coefficient (Wildman–Crippen LogP) is 2.65. The standard InChI is InChI=1S/C19H19N5O2/c1-26-17-9-7-14(8-10-17)18-6-3-11-23(18)19(25)15-4-2-5-16(12-15)24-13-20-21-22-24/h2,4-5,7-10,12-13,18H,3,6,11H2,1H3/t18-/m0/s1. The normalized spacial score (nSPS) is 16.7. The van der Waals surface area contributed by atoms with Crippen LogP contribution in [0.4, 0.5) is 0 Å². The van der Waals surface area contributed by atoms with Crippen molar-refractivity contribution in [2.75, 3.05) is 13.7 Å². The minimum Gasteiger partial charge on any atom is -0.497 e. The molecule has 0 unspecified atom stereocenters. The number of aromatic nitrogens is 4. The van der Waals surface area contributed by atoms with Gasteiger partial charge in [-0.1, -0.05) is 18.2 Å². The molecule has 7 nitrogen and oxygen atoms in total. The molecule has 7 heteroatoms. The van der Waals surface area contributed by atoms with Gasteiger partial charge in [0.15, 0.2) is 0 Å². The van der Waals surface area contributed by atoms with E-state index in [1.165, 1.54) is 6.33 Å². The SMILES string of the molecule is COc1ccc([C@@H]2CCCN2C(=O)c2cccc(-n3cnnn3)c2)cc1. The molecule has 0 spiro atoms. The first-order valence-corrected chi connectivity index (χ1v) is 8.54. The lowest BCUT2D eigenvalue weighted by molar-refractivity contribution is 0.0735. The molecule has 1 aliphatic rings. The Morgan fingerprint density at radius 3 is 2.77 bits per heavy atom. The molecule has 2 aromatic carbocycles. The molecule has 0 aliphatic carbocycles. The molecule has 0 radical (unpaired) electrons. The molecule has 0 bridgehead atoms. The monoisotopic (exact) mass is 349 g/mol. The summed E-state index contributed by atoms with van der Waals surface area (Å²) in [6.07, 6.45) is 3.47. The van der Waals surface area contributed by atoms with E-state index in [-0.39, 0.29) is 11.9 Å². The van der Waals surface area contributed by atoms with Crippen LogP contribution in [0.15, 0.2) is 54.9 Å². The molecule has 4 rings (SSSR count). The Hall–Kier alpha value is -3.22. The van der Waals surface area contributed by atoms with Crippen molar-refractivity contribution in [1.82, 2.24) is 25.1 Å². The zero-order chi connectivity index (χ0) is 17.9. The van der Waals surface area contributed by atoms with Crippen molar-refractivity contribution in [3.8, 4) is 11.4 Å². The third-order valence-electron chi connectivity index (χ3n) is 4.72. The van der Waals surface area contributed by atoms with E-state index >= 15 is 0 Å². The van der Waals surface area contributed by atoms with Crippen LogP contribution in [0.2, 0.25) is 0 Å². The summed E-state index contributed by atoms with van der Waals surface area (Å²) in [6, 6.07) is 15.4. The van der Waals surface area contributed by atoms with Crippen molar-refractivity contribution >= 4 is 5.91 Å². The summed E-state index contributed by atoms with van der Waals surface area (Å²) in [5, 5.41) is 11.2. The minimum atomic E-state index is 0.0262. The van der Waals surface area contributed by atoms with Gasteiger partial charge in [-0.05, 0) is 59.2 Å². The number of carbonyl (C=O) groups is 1. The lowest BCUT2D eigenvalue weighted by atomic mass is 10.0. The number of tetrazole rings is 1. The van der Waals surface area contributed by atoms with Crippen LogP contribution < -0.4 is 4.74 Å². The van der Waals surface area contributed by atoms with Crippen LogP contribution in [-0.2, 0) is 0 Å². The van der Waals surface area contributed by atoms with Crippen molar-refractivity contribution in [1.29, 1.82) is 0 Å². The van der Waals surface area contributed by atoms with Crippen LogP contribution in [0, 0.1) is 0 Å². The quantitative estimate of drug-likeness (QED) is 0.724. The molecule has 132 valence electrons. The number of rotatable bonds is 4. The van der Waals surface area contributed by atoms with Crippen molar-refractivity contribution in [3.05, 3.63) is 66.0 Å². The van der Waals surface area contributed by atoms with E-state index in [2.05, 4.69) is 15.5 Å². The van der Waals surface area contributed by atoms with Gasteiger partial charge in [-0.2, -0.15) is 0 Å². The van der Waals surface area contributed by atoms with Crippen LogP contribution in [-0.4, -0.2) is 44.7 Å². The summed E-state index contributed by atoms with van der Waals surface area (Å²) in [4.78, 5) is 15.1. The van der Waals surface area contributed by atoms with Crippen LogP contribution in [0.25, 0.3) is 5.69 Å². The summed E-state index contributed by atoms with van der Waals surface area (Å²) >= 11 is 0. The lowest BCUT2D eigenvalue weighted by Gasteiger charge is -2.25. The second-order valence-corrected chi connectivity index (χ2v) is 6.23. The van der Waals surface area contributed by atoms with E-state index in [0.717, 1.165) is 36.4 Å². The zero-order valence-corrected chi connectivity index (χ0v) is 14.4. The van der Waals surface area contributed by atoms with E-state index in [0.29, 0.717) is 5.56 Å². The van der Waals surface area contributed by atoms with Crippen molar-refractivity contribution in [3.63, 3.8) is 0 Å². The Bertz CT molecular complexity index is 893. The number of benzene rings is 2. The Morgan fingerprint density at radius 1 is 1.19 bits per heavy atom. The molecule has 1 saturated heterocycles. The summed E-state index contributed by atoms with van der Waals surface area (Å²) in [6.45, 7) is 0.755. The first kappa shape index (κ1) is 16.3. The van der Waals surface area contributed by atoms with Crippen LogP contribution in [0.5, 0.6) is 5.75 Å². The van der Waals surface area contributed by atoms with E-state index in [4.69, 9.17) is 4.74 Å².